The van der Waals surface area contributed by atoms with Gasteiger partial charge in [0, 0.05) is 5.25 Å². The van der Waals surface area contributed by atoms with Gasteiger partial charge in [0.05, 0.1) is 16.2 Å². The number of aliphatic hydroxyl groups excluding tert-OH is 1. The van der Waals surface area contributed by atoms with Crippen LogP contribution in [0, 0.1) is 0 Å². The standard InChI is InChI=1S/C17H36O4S.Na/c1-3-5-9-14-17(22(19,20)21)15-11-8-6-7-10-13-16(18)12-4-2;/h16-18H,3-15H2,1-2H3,(H,19,20,21);/q;+1/p-1. The van der Waals surface area contributed by atoms with Gasteiger partial charge < -0.3 is 9.66 Å². The molecule has 2 unspecified atom stereocenters. The molecule has 23 heavy (non-hydrogen) atoms. The molecular formula is C17H35NaO4S. The Morgan fingerprint density at radius 1 is 0.783 bits per heavy atom. The van der Waals surface area contributed by atoms with Crippen molar-refractivity contribution in [2.45, 2.75) is 109 Å². The smallest absolute Gasteiger partial charge is 0.748 e. The van der Waals surface area contributed by atoms with Crippen molar-refractivity contribution in [3.05, 3.63) is 0 Å². The molecule has 0 saturated heterocycles. The van der Waals surface area contributed by atoms with Gasteiger partial charge in [-0.1, -0.05) is 71.6 Å². The summed E-state index contributed by atoms with van der Waals surface area (Å²) in [5.41, 5.74) is 0. The van der Waals surface area contributed by atoms with Gasteiger partial charge in [-0.05, 0) is 25.7 Å². The maximum atomic E-state index is 11.2. The van der Waals surface area contributed by atoms with Crippen molar-refractivity contribution in [2.75, 3.05) is 0 Å². The van der Waals surface area contributed by atoms with Gasteiger partial charge in [0.2, 0.25) is 0 Å². The summed E-state index contributed by atoms with van der Waals surface area (Å²) < 4.78 is 33.7. The van der Waals surface area contributed by atoms with Gasteiger partial charge in [-0.15, -0.1) is 0 Å². The van der Waals surface area contributed by atoms with E-state index in [-0.39, 0.29) is 35.7 Å². The molecule has 0 rings (SSSR count). The summed E-state index contributed by atoms with van der Waals surface area (Å²) in [6.45, 7) is 4.14. The molecular weight excluding hydrogens is 323 g/mol. The van der Waals surface area contributed by atoms with Crippen LogP contribution in [0.1, 0.15) is 97.3 Å². The fourth-order valence-corrected chi connectivity index (χ4v) is 3.73. The Labute approximate surface area is 165 Å². The third kappa shape index (κ3) is 16.1. The second-order valence-corrected chi connectivity index (χ2v) is 8.05. The molecule has 0 aliphatic heterocycles. The first-order valence-electron chi connectivity index (χ1n) is 9.04. The van der Waals surface area contributed by atoms with E-state index in [9.17, 15) is 18.1 Å². The molecule has 0 amide bonds. The minimum Gasteiger partial charge on any atom is -0.748 e. The third-order valence-electron chi connectivity index (χ3n) is 4.22. The molecule has 2 atom stereocenters. The van der Waals surface area contributed by atoms with Crippen molar-refractivity contribution in [1.82, 2.24) is 0 Å². The molecule has 134 valence electrons. The van der Waals surface area contributed by atoms with E-state index in [4.69, 9.17) is 0 Å². The van der Waals surface area contributed by atoms with Crippen LogP contribution in [0.5, 0.6) is 0 Å². The van der Waals surface area contributed by atoms with Crippen molar-refractivity contribution in [3.63, 3.8) is 0 Å². The minimum atomic E-state index is -4.14. The Bertz CT molecular complexity index is 347. The molecule has 0 bridgehead atoms. The van der Waals surface area contributed by atoms with Gasteiger partial charge in [-0.2, -0.15) is 0 Å². The van der Waals surface area contributed by atoms with Crippen molar-refractivity contribution < 1.29 is 47.6 Å². The summed E-state index contributed by atoms with van der Waals surface area (Å²) in [5, 5.41) is 8.93. The Morgan fingerprint density at radius 3 is 1.74 bits per heavy atom. The van der Waals surface area contributed by atoms with Gasteiger partial charge in [0.1, 0.15) is 0 Å². The molecule has 0 aromatic carbocycles. The topological polar surface area (TPSA) is 77.4 Å². The molecule has 0 saturated carbocycles. The van der Waals surface area contributed by atoms with Crippen LogP contribution < -0.4 is 29.6 Å². The van der Waals surface area contributed by atoms with Crippen molar-refractivity contribution >= 4 is 10.1 Å². The van der Waals surface area contributed by atoms with Crippen LogP contribution in [-0.2, 0) is 10.1 Å². The van der Waals surface area contributed by atoms with Crippen molar-refractivity contribution in [2.24, 2.45) is 0 Å². The van der Waals surface area contributed by atoms with E-state index in [0.29, 0.717) is 12.8 Å². The third-order valence-corrected chi connectivity index (χ3v) is 5.51. The van der Waals surface area contributed by atoms with E-state index in [1.165, 1.54) is 0 Å². The number of aliphatic hydroxyl groups is 1. The normalized spacial score (nSPS) is 14.3. The Kier molecular flexibility index (Phi) is 18.5. The van der Waals surface area contributed by atoms with Crippen LogP contribution in [0.15, 0.2) is 0 Å². The van der Waals surface area contributed by atoms with Gasteiger partial charge in [-0.25, -0.2) is 8.42 Å². The van der Waals surface area contributed by atoms with E-state index < -0.39 is 15.4 Å². The zero-order valence-electron chi connectivity index (χ0n) is 15.4. The van der Waals surface area contributed by atoms with Crippen LogP contribution in [0.3, 0.4) is 0 Å². The molecule has 0 spiro atoms. The number of unbranched alkanes of at least 4 members (excludes halogenated alkanes) is 6. The van der Waals surface area contributed by atoms with E-state index in [0.717, 1.165) is 70.6 Å². The second-order valence-electron chi connectivity index (χ2n) is 6.40. The molecule has 0 aliphatic rings. The van der Waals surface area contributed by atoms with E-state index >= 15 is 0 Å². The predicted molar refractivity (Wildman–Crippen MR) is 90.9 cm³/mol. The van der Waals surface area contributed by atoms with Crippen LogP contribution in [0.25, 0.3) is 0 Å². The first kappa shape index (κ1) is 26.1. The number of hydrogen-bond donors (Lipinski definition) is 1. The van der Waals surface area contributed by atoms with Gasteiger partial charge in [-0.3, -0.25) is 0 Å². The SMILES string of the molecule is CCCCCC(CCCCCCCC(O)CCC)S(=O)(=O)[O-].[Na+]. The summed E-state index contributed by atoms with van der Waals surface area (Å²) in [4.78, 5) is 0. The molecule has 6 heteroatoms. The fraction of sp³-hybridized carbons (Fsp3) is 1.00. The first-order valence-corrected chi connectivity index (χ1v) is 10.5. The van der Waals surface area contributed by atoms with E-state index in [1.54, 1.807) is 0 Å². The molecule has 0 radical (unpaired) electrons. The van der Waals surface area contributed by atoms with E-state index in [1.807, 2.05) is 0 Å². The molecule has 0 aromatic rings. The summed E-state index contributed by atoms with van der Waals surface area (Å²) in [6, 6.07) is 0. The van der Waals surface area contributed by atoms with Crippen LogP contribution >= 0.6 is 0 Å². The Balaban J connectivity index is 0. The molecule has 0 aromatic heterocycles. The van der Waals surface area contributed by atoms with Crippen LogP contribution in [0.4, 0.5) is 0 Å². The molecule has 0 fully saturated rings. The van der Waals surface area contributed by atoms with Crippen LogP contribution in [0.2, 0.25) is 0 Å². The van der Waals surface area contributed by atoms with Gasteiger partial charge in [0.25, 0.3) is 0 Å². The number of rotatable bonds is 15. The summed E-state index contributed by atoms with van der Waals surface area (Å²) in [7, 11) is -4.14. The largest absolute Gasteiger partial charge is 1.00 e. The van der Waals surface area contributed by atoms with Crippen molar-refractivity contribution in [1.29, 1.82) is 0 Å². The minimum absolute atomic E-state index is 0. The van der Waals surface area contributed by atoms with E-state index in [2.05, 4.69) is 13.8 Å². The summed E-state index contributed by atoms with van der Waals surface area (Å²) in [6.07, 6.45) is 11.4. The van der Waals surface area contributed by atoms with Gasteiger partial charge in [0.15, 0.2) is 0 Å². The Hall–Kier alpha value is 0.870. The zero-order chi connectivity index (χ0) is 16.8. The number of hydrogen-bond acceptors (Lipinski definition) is 4. The Morgan fingerprint density at radius 2 is 1.26 bits per heavy atom. The molecule has 4 nitrogen and oxygen atoms in total. The average Bonchev–Trinajstić information content (AvgIpc) is 2.43. The molecule has 0 heterocycles. The second kappa shape index (κ2) is 16.3. The maximum absolute atomic E-state index is 11.2. The van der Waals surface area contributed by atoms with Gasteiger partial charge >= 0.3 is 29.6 Å². The average molecular weight is 359 g/mol. The quantitative estimate of drug-likeness (QED) is 0.272. The summed E-state index contributed by atoms with van der Waals surface area (Å²) in [5.74, 6) is 0. The van der Waals surface area contributed by atoms with Crippen LogP contribution in [-0.4, -0.2) is 29.4 Å². The summed E-state index contributed by atoms with van der Waals surface area (Å²) >= 11 is 0. The molecule has 1 N–H and O–H groups in total. The zero-order valence-corrected chi connectivity index (χ0v) is 18.2. The first-order chi connectivity index (χ1) is 10.4. The monoisotopic (exact) mass is 358 g/mol. The fourth-order valence-electron chi connectivity index (χ4n) is 2.81. The predicted octanol–water partition coefficient (Wildman–Crippen LogP) is 1.38. The van der Waals surface area contributed by atoms with Crippen molar-refractivity contribution in [3.8, 4) is 0 Å². The molecule has 0 aliphatic carbocycles. The maximum Gasteiger partial charge on any atom is 1.00 e.